The van der Waals surface area contributed by atoms with Crippen molar-refractivity contribution in [1.29, 1.82) is 0 Å². The predicted octanol–water partition coefficient (Wildman–Crippen LogP) is 1.06. The van der Waals surface area contributed by atoms with Crippen LogP contribution < -0.4 is 11.0 Å². The number of aliphatic hydroxyl groups excluding tert-OH is 1. The van der Waals surface area contributed by atoms with Gasteiger partial charge in [-0.05, 0) is 12.8 Å². The molecular weight excluding hydrogens is 206 g/mol. The van der Waals surface area contributed by atoms with E-state index in [1.54, 1.807) is 5.01 Å². The van der Waals surface area contributed by atoms with Gasteiger partial charge in [-0.25, -0.2) is 5.43 Å². The largest absolute Gasteiger partial charge is 0.355 e. The van der Waals surface area contributed by atoms with Crippen LogP contribution in [0.4, 0.5) is 0 Å². The van der Waals surface area contributed by atoms with Gasteiger partial charge in [-0.2, -0.15) is 10.5 Å². The summed E-state index contributed by atoms with van der Waals surface area (Å²) in [5.41, 5.74) is 6.30. The lowest BCUT2D eigenvalue weighted by Gasteiger charge is -2.37. The lowest BCUT2D eigenvalue weighted by Crippen LogP contribution is -2.62. The molecule has 0 aromatic rings. The zero-order valence-electron chi connectivity index (χ0n) is 9.82. The molecule has 1 heterocycles. The highest BCUT2D eigenvalue weighted by molar-refractivity contribution is 4.67. The van der Waals surface area contributed by atoms with Crippen molar-refractivity contribution in [3.63, 3.8) is 0 Å². The molecule has 0 radical (unpaired) electrons. The summed E-state index contributed by atoms with van der Waals surface area (Å²) in [5.74, 6) is 0. The minimum absolute atomic E-state index is 0.445. The predicted molar refractivity (Wildman–Crippen MR) is 60.8 cm³/mol. The van der Waals surface area contributed by atoms with E-state index in [1.807, 2.05) is 0 Å². The number of hydrogen-bond donors (Lipinski definition) is 3. The van der Waals surface area contributed by atoms with Gasteiger partial charge in [-0.3, -0.25) is 0 Å². The van der Waals surface area contributed by atoms with Gasteiger partial charge in [-0.15, -0.1) is 0 Å². The molecule has 0 amide bonds. The summed E-state index contributed by atoms with van der Waals surface area (Å²) < 4.78 is 4.83. The van der Waals surface area contributed by atoms with Gasteiger partial charge in [0.25, 0.3) is 0 Å². The molecular formula is C11H23N3O2. The fraction of sp³-hybridized carbons (Fsp3) is 1.00. The third-order valence-electron chi connectivity index (χ3n) is 3.40. The lowest BCUT2D eigenvalue weighted by molar-refractivity contribution is -0.342. The Morgan fingerprint density at radius 3 is 2.12 bits per heavy atom. The number of nitrogens with zero attached hydrogens (tertiary/aromatic N) is 1. The number of ether oxygens (including phenoxy) is 1. The van der Waals surface area contributed by atoms with E-state index in [1.165, 1.54) is 51.4 Å². The van der Waals surface area contributed by atoms with Gasteiger partial charge in [-0.1, -0.05) is 38.5 Å². The van der Waals surface area contributed by atoms with Crippen molar-refractivity contribution in [3.8, 4) is 0 Å². The molecule has 1 unspecified atom stereocenters. The summed E-state index contributed by atoms with van der Waals surface area (Å²) in [5, 5.41) is 10.8. The minimum Gasteiger partial charge on any atom is -0.355 e. The van der Waals surface area contributed by atoms with Crippen LogP contribution in [0.15, 0.2) is 0 Å². The van der Waals surface area contributed by atoms with Gasteiger partial charge in [0.15, 0.2) is 0 Å². The number of rotatable bonds is 3. The maximum absolute atomic E-state index is 9.18. The number of aliphatic hydroxyl groups is 1. The van der Waals surface area contributed by atoms with Crippen molar-refractivity contribution >= 4 is 0 Å². The van der Waals surface area contributed by atoms with E-state index in [4.69, 9.17) is 4.74 Å². The first-order valence-electron chi connectivity index (χ1n) is 6.44. The van der Waals surface area contributed by atoms with Crippen LogP contribution in [0.1, 0.15) is 51.4 Å². The number of hydrazine groups is 2. The Bertz CT molecular complexity index is 194. The van der Waals surface area contributed by atoms with E-state index in [2.05, 4.69) is 11.0 Å². The van der Waals surface area contributed by atoms with Crippen molar-refractivity contribution in [2.75, 3.05) is 6.73 Å². The van der Waals surface area contributed by atoms with E-state index in [9.17, 15) is 5.11 Å². The molecule has 3 N–H and O–H groups in total. The van der Waals surface area contributed by atoms with E-state index >= 15 is 0 Å². The standard InChI is InChI=1S/C11H23N3O2/c15-11-14(9-16-11)13-12-10-7-5-3-1-2-4-6-8-10/h10-13,15H,1-9H2. The van der Waals surface area contributed by atoms with Gasteiger partial charge in [0.1, 0.15) is 6.73 Å². The summed E-state index contributed by atoms with van der Waals surface area (Å²) in [7, 11) is 0. The molecule has 0 aromatic heterocycles. The van der Waals surface area contributed by atoms with E-state index in [-0.39, 0.29) is 0 Å². The molecule has 5 heteroatoms. The Kier molecular flexibility index (Phi) is 4.99. The van der Waals surface area contributed by atoms with Crippen LogP contribution in [-0.4, -0.2) is 29.3 Å². The molecule has 1 aliphatic heterocycles. The van der Waals surface area contributed by atoms with E-state index in [0.717, 1.165) is 0 Å². The lowest BCUT2D eigenvalue weighted by atomic mass is 10.1. The Hall–Kier alpha value is -0.200. The molecule has 94 valence electrons. The fourth-order valence-corrected chi connectivity index (χ4v) is 2.25. The van der Waals surface area contributed by atoms with Gasteiger partial charge in [0, 0.05) is 6.04 Å². The first-order chi connectivity index (χ1) is 7.86. The highest BCUT2D eigenvalue weighted by atomic mass is 16.7. The molecule has 1 saturated carbocycles. The molecule has 2 fully saturated rings. The summed E-state index contributed by atoms with van der Waals surface area (Å²) in [6.07, 6.45) is 9.74. The van der Waals surface area contributed by atoms with Crippen LogP contribution in [0.3, 0.4) is 0 Å². The maximum Gasteiger partial charge on any atom is 0.233 e. The van der Waals surface area contributed by atoms with Gasteiger partial charge < -0.3 is 9.84 Å². The Balaban J connectivity index is 1.65. The Morgan fingerprint density at radius 1 is 1.00 bits per heavy atom. The summed E-state index contributed by atoms with van der Waals surface area (Å²) in [4.78, 5) is 0. The maximum atomic E-state index is 9.18. The first kappa shape index (κ1) is 12.3. The molecule has 1 atom stereocenters. The summed E-state index contributed by atoms with van der Waals surface area (Å²) >= 11 is 0. The van der Waals surface area contributed by atoms with Crippen molar-refractivity contribution in [3.05, 3.63) is 0 Å². The minimum atomic E-state index is -0.788. The van der Waals surface area contributed by atoms with Gasteiger partial charge in [0.05, 0.1) is 0 Å². The number of nitrogens with one attached hydrogen (secondary N) is 2. The molecule has 1 saturated heterocycles. The van der Waals surface area contributed by atoms with Crippen LogP contribution in [0.5, 0.6) is 0 Å². The number of hydrogen-bond acceptors (Lipinski definition) is 5. The highest BCUT2D eigenvalue weighted by Gasteiger charge is 2.26. The van der Waals surface area contributed by atoms with Crippen molar-refractivity contribution in [1.82, 2.24) is 16.0 Å². The van der Waals surface area contributed by atoms with Crippen LogP contribution in [0.25, 0.3) is 0 Å². The zero-order chi connectivity index (χ0) is 11.2. The fourth-order valence-electron chi connectivity index (χ4n) is 2.25. The third-order valence-corrected chi connectivity index (χ3v) is 3.40. The highest BCUT2D eigenvalue weighted by Crippen LogP contribution is 2.16. The van der Waals surface area contributed by atoms with Crippen LogP contribution in [0, 0.1) is 0 Å². The van der Waals surface area contributed by atoms with Gasteiger partial charge >= 0.3 is 0 Å². The smallest absolute Gasteiger partial charge is 0.233 e. The molecule has 0 bridgehead atoms. The molecule has 0 spiro atoms. The summed E-state index contributed by atoms with van der Waals surface area (Å²) in [6.45, 7) is 0.445. The molecule has 2 rings (SSSR count). The second kappa shape index (κ2) is 6.51. The van der Waals surface area contributed by atoms with Gasteiger partial charge in [0.2, 0.25) is 6.41 Å². The average molecular weight is 229 g/mol. The van der Waals surface area contributed by atoms with Crippen LogP contribution >= 0.6 is 0 Å². The van der Waals surface area contributed by atoms with Crippen LogP contribution in [0.2, 0.25) is 0 Å². The topological polar surface area (TPSA) is 56.8 Å². The van der Waals surface area contributed by atoms with Crippen molar-refractivity contribution < 1.29 is 9.84 Å². The molecule has 16 heavy (non-hydrogen) atoms. The average Bonchev–Trinajstić information content (AvgIpc) is 2.41. The van der Waals surface area contributed by atoms with Crippen LogP contribution in [-0.2, 0) is 4.74 Å². The second-order valence-corrected chi connectivity index (χ2v) is 4.74. The van der Waals surface area contributed by atoms with Crippen molar-refractivity contribution in [2.24, 2.45) is 0 Å². The monoisotopic (exact) mass is 229 g/mol. The SMILES string of the molecule is OC1OCN1NNC1CCCCCCCC1. The molecule has 2 aliphatic rings. The van der Waals surface area contributed by atoms with E-state index < -0.39 is 6.41 Å². The normalized spacial score (nSPS) is 30.2. The zero-order valence-corrected chi connectivity index (χ0v) is 9.82. The second-order valence-electron chi connectivity index (χ2n) is 4.74. The Morgan fingerprint density at radius 2 is 1.62 bits per heavy atom. The quantitative estimate of drug-likeness (QED) is 0.632. The molecule has 5 nitrogen and oxygen atoms in total. The van der Waals surface area contributed by atoms with Crippen molar-refractivity contribution in [2.45, 2.75) is 63.8 Å². The van der Waals surface area contributed by atoms with E-state index in [0.29, 0.717) is 12.8 Å². The molecule has 0 aromatic carbocycles. The Labute approximate surface area is 97.1 Å². The molecule has 1 aliphatic carbocycles. The summed E-state index contributed by atoms with van der Waals surface area (Å²) in [6, 6.07) is 0.519. The third kappa shape index (κ3) is 3.68. The first-order valence-corrected chi connectivity index (χ1v) is 6.44.